The zero-order chi connectivity index (χ0) is 13.7. The maximum absolute atomic E-state index is 9.52. The lowest BCUT2D eigenvalue weighted by Gasteiger charge is -2.37. The molecule has 2 rings (SSSR count). The van der Waals surface area contributed by atoms with Gasteiger partial charge in [-0.2, -0.15) is 5.26 Å². The van der Waals surface area contributed by atoms with Crippen molar-refractivity contribution in [2.45, 2.75) is 24.3 Å². The Balaban J connectivity index is 2.36. The summed E-state index contributed by atoms with van der Waals surface area (Å²) in [6.45, 7) is 5.25. The van der Waals surface area contributed by atoms with Crippen LogP contribution >= 0.6 is 11.6 Å². The Labute approximate surface area is 119 Å². The zero-order valence-electron chi connectivity index (χ0n) is 11.2. The summed E-state index contributed by atoms with van der Waals surface area (Å²) in [6.07, 6.45) is 0.634. The van der Waals surface area contributed by atoms with E-state index in [0.717, 1.165) is 31.9 Å². The molecule has 0 amide bonds. The van der Waals surface area contributed by atoms with E-state index in [9.17, 15) is 5.26 Å². The second-order valence-corrected chi connectivity index (χ2v) is 5.62. The molecule has 0 bridgehead atoms. The maximum atomic E-state index is 9.52. The third-order valence-corrected chi connectivity index (χ3v) is 4.40. The minimum atomic E-state index is -0.853. The van der Waals surface area contributed by atoms with Crippen molar-refractivity contribution in [3.63, 3.8) is 0 Å². The van der Waals surface area contributed by atoms with Crippen LogP contribution in [0.5, 0.6) is 0 Å². The minimum Gasteiger partial charge on any atom is -0.370 e. The fourth-order valence-corrected chi connectivity index (χ4v) is 3.02. The number of halogens is 1. The van der Waals surface area contributed by atoms with E-state index in [0.29, 0.717) is 6.42 Å². The van der Waals surface area contributed by atoms with Gasteiger partial charge in [0, 0.05) is 5.56 Å². The summed E-state index contributed by atoms with van der Waals surface area (Å²) in [6, 6.07) is 12.5. The molecular formula is C15H20ClN2O+. The van der Waals surface area contributed by atoms with Gasteiger partial charge in [-0.25, -0.2) is 0 Å². The minimum absolute atomic E-state index is 0.00531. The van der Waals surface area contributed by atoms with Crippen LogP contribution in [0.2, 0.25) is 0 Å². The average molecular weight is 280 g/mol. The fraction of sp³-hybridized carbons (Fsp3) is 0.533. The van der Waals surface area contributed by atoms with E-state index in [2.05, 4.69) is 18.2 Å². The molecule has 1 heterocycles. The molecule has 19 heavy (non-hydrogen) atoms. The van der Waals surface area contributed by atoms with Crippen LogP contribution in [0.1, 0.15) is 24.9 Å². The second-order valence-electron chi connectivity index (χ2n) is 4.94. The van der Waals surface area contributed by atoms with Gasteiger partial charge >= 0.3 is 0 Å². The molecule has 1 aliphatic rings. The second kappa shape index (κ2) is 6.38. The number of benzene rings is 1. The predicted octanol–water partition coefficient (Wildman–Crippen LogP) is 1.55. The average Bonchev–Trinajstić information content (AvgIpc) is 2.49. The maximum Gasteiger partial charge on any atom is 0.186 e. The first-order chi connectivity index (χ1) is 9.21. The van der Waals surface area contributed by atoms with Crippen molar-refractivity contribution in [3.05, 3.63) is 35.9 Å². The number of alkyl halides is 1. The lowest BCUT2D eigenvalue weighted by atomic mass is 9.89. The number of hydrogen-bond acceptors (Lipinski definition) is 2. The highest BCUT2D eigenvalue weighted by molar-refractivity contribution is 6.26. The van der Waals surface area contributed by atoms with E-state index in [1.165, 1.54) is 4.90 Å². The topological polar surface area (TPSA) is 37.5 Å². The number of ether oxygens (including phenoxy) is 1. The Hall–Kier alpha value is -1.08. The Morgan fingerprint density at radius 2 is 2.00 bits per heavy atom. The summed E-state index contributed by atoms with van der Waals surface area (Å²) in [5.74, 6) is 0. The van der Waals surface area contributed by atoms with Crippen LogP contribution in [0, 0.1) is 11.3 Å². The van der Waals surface area contributed by atoms with Gasteiger partial charge in [0.15, 0.2) is 4.87 Å². The van der Waals surface area contributed by atoms with Crippen molar-refractivity contribution < 1.29 is 9.64 Å². The van der Waals surface area contributed by atoms with E-state index >= 15 is 0 Å². The van der Waals surface area contributed by atoms with Crippen LogP contribution in [0.3, 0.4) is 0 Å². The Morgan fingerprint density at radius 3 is 2.53 bits per heavy atom. The monoisotopic (exact) mass is 279 g/mol. The number of nitriles is 1. The third kappa shape index (κ3) is 3.09. The third-order valence-electron chi connectivity index (χ3n) is 3.83. The highest BCUT2D eigenvalue weighted by Crippen LogP contribution is 2.32. The molecule has 3 nitrogen and oxygen atoms in total. The van der Waals surface area contributed by atoms with Crippen LogP contribution in [0.15, 0.2) is 30.3 Å². The van der Waals surface area contributed by atoms with E-state index in [1.54, 1.807) is 0 Å². The zero-order valence-corrected chi connectivity index (χ0v) is 12.0. The van der Waals surface area contributed by atoms with Crippen molar-refractivity contribution >= 4 is 11.6 Å². The summed E-state index contributed by atoms with van der Waals surface area (Å²) >= 11 is 6.62. The molecule has 4 heteroatoms. The van der Waals surface area contributed by atoms with Gasteiger partial charge in [-0.15, -0.1) is 0 Å². The normalized spacial score (nSPS) is 21.3. The molecule has 0 aromatic heterocycles. The number of nitrogens with one attached hydrogen (secondary N) is 1. The lowest BCUT2D eigenvalue weighted by molar-refractivity contribution is -0.940. The van der Waals surface area contributed by atoms with Crippen LogP contribution in [0.4, 0.5) is 0 Å². The summed E-state index contributed by atoms with van der Waals surface area (Å²) in [5, 5.41) is 9.52. The van der Waals surface area contributed by atoms with E-state index in [4.69, 9.17) is 16.3 Å². The fourth-order valence-electron chi connectivity index (χ4n) is 2.74. The van der Waals surface area contributed by atoms with Crippen LogP contribution in [-0.2, 0) is 4.74 Å². The highest BCUT2D eigenvalue weighted by atomic mass is 35.5. The van der Waals surface area contributed by atoms with E-state index in [1.807, 2.05) is 25.1 Å². The van der Waals surface area contributed by atoms with Gasteiger partial charge in [-0.1, -0.05) is 48.9 Å². The van der Waals surface area contributed by atoms with E-state index in [-0.39, 0.29) is 6.04 Å². The van der Waals surface area contributed by atoms with Crippen LogP contribution in [0.25, 0.3) is 0 Å². The van der Waals surface area contributed by atoms with Gasteiger partial charge in [0.05, 0.1) is 19.3 Å². The first-order valence-corrected chi connectivity index (χ1v) is 7.16. The van der Waals surface area contributed by atoms with Gasteiger partial charge in [-0.3, -0.25) is 0 Å². The Bertz CT molecular complexity index is 439. The number of quaternary nitrogens is 1. The van der Waals surface area contributed by atoms with Crippen LogP contribution in [-0.4, -0.2) is 31.2 Å². The van der Waals surface area contributed by atoms with Gasteiger partial charge in [0.25, 0.3) is 0 Å². The Kier molecular flexibility index (Phi) is 4.81. The highest BCUT2D eigenvalue weighted by Gasteiger charge is 2.44. The smallest absolute Gasteiger partial charge is 0.186 e. The number of morpholine rings is 1. The van der Waals surface area contributed by atoms with Crippen molar-refractivity contribution in [2.24, 2.45) is 0 Å². The Morgan fingerprint density at radius 1 is 1.37 bits per heavy atom. The molecule has 1 aromatic carbocycles. The lowest BCUT2D eigenvalue weighted by Crippen LogP contribution is -3.15. The van der Waals surface area contributed by atoms with Gasteiger partial charge in [0.1, 0.15) is 19.1 Å². The molecule has 1 aliphatic heterocycles. The number of rotatable bonds is 4. The molecular weight excluding hydrogens is 260 g/mol. The summed E-state index contributed by atoms with van der Waals surface area (Å²) in [4.78, 5) is 0.490. The quantitative estimate of drug-likeness (QED) is 0.850. The summed E-state index contributed by atoms with van der Waals surface area (Å²) in [5.41, 5.74) is 1.14. The number of hydrogen-bond donors (Lipinski definition) is 1. The van der Waals surface area contributed by atoms with Gasteiger partial charge < -0.3 is 9.64 Å². The summed E-state index contributed by atoms with van der Waals surface area (Å²) < 4.78 is 5.42. The van der Waals surface area contributed by atoms with Gasteiger partial charge in [-0.05, 0) is 6.42 Å². The first kappa shape index (κ1) is 14.3. The van der Waals surface area contributed by atoms with Crippen molar-refractivity contribution in [1.82, 2.24) is 0 Å². The molecule has 0 aliphatic carbocycles. The summed E-state index contributed by atoms with van der Waals surface area (Å²) in [7, 11) is 0. The number of nitrogens with zero attached hydrogens (tertiary/aromatic N) is 1. The van der Waals surface area contributed by atoms with Crippen LogP contribution < -0.4 is 4.90 Å². The van der Waals surface area contributed by atoms with Gasteiger partial charge in [0.2, 0.25) is 0 Å². The van der Waals surface area contributed by atoms with Crippen molar-refractivity contribution in [1.29, 1.82) is 5.26 Å². The first-order valence-electron chi connectivity index (χ1n) is 6.78. The molecule has 1 aromatic rings. The van der Waals surface area contributed by atoms with Crippen molar-refractivity contribution in [3.8, 4) is 6.07 Å². The van der Waals surface area contributed by atoms with Crippen molar-refractivity contribution in [2.75, 3.05) is 26.3 Å². The molecule has 1 N–H and O–H groups in total. The molecule has 0 unspecified atom stereocenters. The molecule has 0 radical (unpaired) electrons. The molecule has 102 valence electrons. The molecule has 0 saturated carbocycles. The molecule has 2 atom stereocenters. The molecule has 0 spiro atoms. The molecule has 1 saturated heterocycles. The molecule has 1 fully saturated rings. The predicted molar refractivity (Wildman–Crippen MR) is 75.2 cm³/mol. The van der Waals surface area contributed by atoms with E-state index < -0.39 is 4.87 Å². The SMILES string of the molecule is CC[C@](Cl)(C#N)[C@@H](c1ccccc1)[NH+]1CCOCC1. The largest absolute Gasteiger partial charge is 0.370 e. The standard InChI is InChI=1S/C15H19ClN2O/c1-2-15(16,12-17)14(13-6-4-3-5-7-13)18-8-10-19-11-9-18/h3-7,14H,2,8-11H2,1H3/p+1/t14-,15+/m1/s1.